The molecule has 2 aromatic carbocycles. The van der Waals surface area contributed by atoms with Crippen LogP contribution in [0.5, 0.6) is 5.75 Å². The Morgan fingerprint density at radius 3 is 2.49 bits per heavy atom. The normalized spacial score (nSPS) is 15.1. The zero-order chi connectivity index (χ0) is 29.5. The molecule has 0 spiro atoms. The fourth-order valence-electron chi connectivity index (χ4n) is 4.91. The molecule has 0 saturated carbocycles. The van der Waals surface area contributed by atoms with E-state index < -0.39 is 31.7 Å². The van der Waals surface area contributed by atoms with Gasteiger partial charge in [-0.2, -0.15) is 13.2 Å². The van der Waals surface area contributed by atoms with Crippen molar-refractivity contribution in [2.24, 2.45) is 0 Å². The van der Waals surface area contributed by atoms with Gasteiger partial charge < -0.3 is 19.9 Å². The van der Waals surface area contributed by atoms with E-state index in [1.165, 1.54) is 18.5 Å². The third kappa shape index (κ3) is 5.79. The molecule has 2 aromatic heterocycles. The Labute approximate surface area is 240 Å². The first-order valence-electron chi connectivity index (χ1n) is 12.7. The Morgan fingerprint density at radius 2 is 1.83 bits per heavy atom. The number of benzene rings is 2. The van der Waals surface area contributed by atoms with Crippen LogP contribution in [0, 0.1) is 0 Å². The summed E-state index contributed by atoms with van der Waals surface area (Å²) in [6, 6.07) is 10.3. The minimum absolute atomic E-state index is 0.0995. The summed E-state index contributed by atoms with van der Waals surface area (Å²) in [5.74, 6) is 0.778. The van der Waals surface area contributed by atoms with Crippen LogP contribution in [0.4, 0.5) is 30.5 Å². The zero-order valence-corrected chi connectivity index (χ0v) is 24.1. The zero-order valence-electron chi connectivity index (χ0n) is 22.5. The molecule has 1 fully saturated rings. The topological polar surface area (TPSA) is 92.6 Å². The summed E-state index contributed by atoms with van der Waals surface area (Å²) in [4.78, 5) is 12.7. The quantitative estimate of drug-likeness (QED) is 0.289. The average molecular weight is 609 g/mol. The van der Waals surface area contributed by atoms with Crippen molar-refractivity contribution in [3.8, 4) is 5.75 Å². The van der Waals surface area contributed by atoms with Crippen LogP contribution in [0.1, 0.15) is 18.4 Å². The molecule has 14 heteroatoms. The third-order valence-electron chi connectivity index (χ3n) is 7.19. The second-order valence-electron chi connectivity index (χ2n) is 9.91. The molecule has 1 aliphatic heterocycles. The molecule has 1 aliphatic rings. The summed E-state index contributed by atoms with van der Waals surface area (Å²) < 4.78 is 72.9. The van der Waals surface area contributed by atoms with Crippen molar-refractivity contribution in [3.63, 3.8) is 0 Å². The van der Waals surface area contributed by atoms with E-state index >= 15 is 0 Å². The average Bonchev–Trinajstić information content (AvgIpc) is 3.37. The van der Waals surface area contributed by atoms with E-state index in [4.69, 9.17) is 16.3 Å². The molecule has 3 heterocycles. The molecule has 0 unspecified atom stereocenters. The minimum atomic E-state index is -4.81. The number of hydrogen-bond donors (Lipinski definition) is 1. The SMILES string of the molecule is COc1cc(N2CCC(N(C)C)CC2)ccc1Nc1ncc2c(ccn2S(=O)(=O)c2ccc(Cl)c(C(F)(F)F)c2)n1. The van der Waals surface area contributed by atoms with Crippen LogP contribution in [-0.4, -0.2) is 67.6 Å². The van der Waals surface area contributed by atoms with E-state index in [9.17, 15) is 21.6 Å². The molecule has 218 valence electrons. The summed E-state index contributed by atoms with van der Waals surface area (Å²) in [5, 5.41) is 2.51. The lowest BCUT2D eigenvalue weighted by Gasteiger charge is -2.36. The monoisotopic (exact) mass is 608 g/mol. The van der Waals surface area contributed by atoms with Gasteiger partial charge >= 0.3 is 6.18 Å². The number of halogens is 4. The van der Waals surface area contributed by atoms with Crippen LogP contribution in [-0.2, 0) is 16.2 Å². The van der Waals surface area contributed by atoms with Crippen LogP contribution in [0.2, 0.25) is 5.02 Å². The molecule has 5 rings (SSSR count). The largest absolute Gasteiger partial charge is 0.494 e. The van der Waals surface area contributed by atoms with Crippen LogP contribution >= 0.6 is 11.6 Å². The Bertz CT molecular complexity index is 1690. The first kappa shape index (κ1) is 29.0. The van der Waals surface area contributed by atoms with Crippen molar-refractivity contribution < 1.29 is 26.3 Å². The molecular weight excluding hydrogens is 581 g/mol. The van der Waals surface area contributed by atoms with Gasteiger partial charge in [-0.25, -0.2) is 22.4 Å². The highest BCUT2D eigenvalue weighted by molar-refractivity contribution is 7.90. The molecule has 0 aliphatic carbocycles. The molecule has 0 radical (unpaired) electrons. The van der Waals surface area contributed by atoms with Crippen molar-refractivity contribution in [1.29, 1.82) is 0 Å². The van der Waals surface area contributed by atoms with Crippen molar-refractivity contribution >= 4 is 50.0 Å². The van der Waals surface area contributed by atoms with Crippen molar-refractivity contribution in [2.75, 3.05) is 44.5 Å². The van der Waals surface area contributed by atoms with Gasteiger partial charge in [0, 0.05) is 37.1 Å². The van der Waals surface area contributed by atoms with Crippen molar-refractivity contribution in [3.05, 3.63) is 65.4 Å². The highest BCUT2D eigenvalue weighted by Crippen LogP contribution is 2.37. The standard InChI is InChI=1S/C27H28ClF3N6O3S/c1-35(2)17-8-11-36(12-9-17)18-4-7-23(25(14-18)40-3)34-26-32-16-24-22(33-26)10-13-37(24)41(38,39)19-5-6-21(28)20(15-19)27(29,30)31/h4-7,10,13-17H,8-9,11-12H2,1-3H3,(H,32,33,34). The highest BCUT2D eigenvalue weighted by Gasteiger charge is 2.35. The number of hydrogen-bond acceptors (Lipinski definition) is 8. The maximum Gasteiger partial charge on any atom is 0.417 e. The number of ether oxygens (including phenoxy) is 1. The molecule has 0 bridgehead atoms. The molecule has 9 nitrogen and oxygen atoms in total. The second-order valence-corrected chi connectivity index (χ2v) is 12.1. The summed E-state index contributed by atoms with van der Waals surface area (Å²) in [5.41, 5.74) is 0.793. The smallest absolute Gasteiger partial charge is 0.417 e. The van der Waals surface area contributed by atoms with E-state index in [1.54, 1.807) is 7.11 Å². The molecule has 1 N–H and O–H groups in total. The molecule has 1 saturated heterocycles. The maximum absolute atomic E-state index is 13.3. The number of methoxy groups -OCH3 is 1. The minimum Gasteiger partial charge on any atom is -0.494 e. The Kier molecular flexibility index (Phi) is 7.79. The maximum atomic E-state index is 13.3. The summed E-state index contributed by atoms with van der Waals surface area (Å²) >= 11 is 5.66. The van der Waals surface area contributed by atoms with E-state index in [0.717, 1.165) is 47.7 Å². The van der Waals surface area contributed by atoms with Gasteiger partial charge in [0.25, 0.3) is 10.0 Å². The van der Waals surface area contributed by atoms with E-state index in [2.05, 4.69) is 39.2 Å². The number of fused-ring (bicyclic) bond motifs is 1. The lowest BCUT2D eigenvalue weighted by Crippen LogP contribution is -2.41. The molecular formula is C27H28ClF3N6O3S. The lowest BCUT2D eigenvalue weighted by atomic mass is 10.0. The van der Waals surface area contributed by atoms with Gasteiger partial charge in [0.05, 0.1) is 40.0 Å². The number of nitrogens with one attached hydrogen (secondary N) is 1. The van der Waals surface area contributed by atoms with Crippen LogP contribution in [0.25, 0.3) is 11.0 Å². The van der Waals surface area contributed by atoms with E-state index in [1.807, 2.05) is 18.2 Å². The first-order chi connectivity index (χ1) is 19.4. The van der Waals surface area contributed by atoms with Crippen LogP contribution < -0.4 is 15.0 Å². The van der Waals surface area contributed by atoms with Gasteiger partial charge in [0.1, 0.15) is 11.3 Å². The fourth-order valence-corrected chi connectivity index (χ4v) is 6.49. The number of rotatable bonds is 7. The molecule has 0 atom stereocenters. The van der Waals surface area contributed by atoms with Crippen LogP contribution in [0.3, 0.4) is 0 Å². The van der Waals surface area contributed by atoms with Gasteiger partial charge in [0.2, 0.25) is 5.95 Å². The predicted molar refractivity (Wildman–Crippen MR) is 152 cm³/mol. The van der Waals surface area contributed by atoms with Gasteiger partial charge in [0.15, 0.2) is 0 Å². The van der Waals surface area contributed by atoms with Gasteiger partial charge in [-0.15, -0.1) is 0 Å². The highest BCUT2D eigenvalue weighted by atomic mass is 35.5. The molecule has 41 heavy (non-hydrogen) atoms. The third-order valence-corrected chi connectivity index (χ3v) is 9.21. The number of anilines is 3. The summed E-state index contributed by atoms with van der Waals surface area (Å²) in [6.07, 6.45) is -0.166. The molecule has 4 aromatic rings. The second kappa shape index (κ2) is 11.0. The van der Waals surface area contributed by atoms with Gasteiger partial charge in [-0.1, -0.05) is 11.6 Å². The molecule has 0 amide bonds. The number of alkyl halides is 3. The predicted octanol–water partition coefficient (Wildman–Crippen LogP) is 5.62. The van der Waals surface area contributed by atoms with Gasteiger partial charge in [-0.05, 0) is 63.3 Å². The number of nitrogens with zero attached hydrogens (tertiary/aromatic N) is 5. The van der Waals surface area contributed by atoms with Crippen molar-refractivity contribution in [2.45, 2.75) is 30.0 Å². The fraction of sp³-hybridized carbons (Fsp3) is 0.333. The number of piperidine rings is 1. The number of aromatic nitrogens is 3. The lowest BCUT2D eigenvalue weighted by molar-refractivity contribution is -0.137. The first-order valence-corrected chi connectivity index (χ1v) is 14.5. The Morgan fingerprint density at radius 1 is 1.10 bits per heavy atom. The van der Waals surface area contributed by atoms with Gasteiger partial charge in [-0.3, -0.25) is 0 Å². The Hall–Kier alpha value is -3.55. The summed E-state index contributed by atoms with van der Waals surface area (Å²) in [7, 11) is 1.37. The van der Waals surface area contributed by atoms with E-state index in [-0.39, 0.29) is 17.0 Å². The summed E-state index contributed by atoms with van der Waals surface area (Å²) in [6.45, 7) is 1.87. The van der Waals surface area contributed by atoms with E-state index in [0.29, 0.717) is 23.5 Å². The van der Waals surface area contributed by atoms with Crippen molar-refractivity contribution in [1.82, 2.24) is 18.8 Å². The van der Waals surface area contributed by atoms with Crippen LogP contribution in [0.15, 0.2) is 59.8 Å². The Balaban J connectivity index is 1.38.